The largest absolute Gasteiger partial charge is 0.494 e. The topological polar surface area (TPSA) is 34.4 Å². The molecule has 2 rings (SSSR count). The van der Waals surface area contributed by atoms with E-state index in [-0.39, 0.29) is 0 Å². The standard InChI is InChI=1S/C16H21NO2/c1-2-10-17-16(14-8-11-18-13-14)9-12-19-15-6-4-3-5-7-15/h3-8,11,13,16-17H,2,9-10,12H2,1H3. The van der Waals surface area contributed by atoms with E-state index >= 15 is 0 Å². The third-order valence-electron chi connectivity index (χ3n) is 3.00. The summed E-state index contributed by atoms with van der Waals surface area (Å²) in [6.07, 6.45) is 5.56. The molecular weight excluding hydrogens is 238 g/mol. The van der Waals surface area contributed by atoms with Gasteiger partial charge in [0.25, 0.3) is 0 Å². The number of ether oxygens (including phenoxy) is 1. The van der Waals surface area contributed by atoms with E-state index in [0.29, 0.717) is 12.6 Å². The summed E-state index contributed by atoms with van der Waals surface area (Å²) in [5.74, 6) is 0.920. The highest BCUT2D eigenvalue weighted by atomic mass is 16.5. The van der Waals surface area contributed by atoms with Crippen LogP contribution in [0.2, 0.25) is 0 Å². The Kier molecular flexibility index (Phi) is 5.50. The lowest BCUT2D eigenvalue weighted by molar-refractivity contribution is 0.286. The number of furan rings is 1. The van der Waals surface area contributed by atoms with Gasteiger partial charge in [-0.1, -0.05) is 25.1 Å². The lowest BCUT2D eigenvalue weighted by Crippen LogP contribution is -2.23. The maximum Gasteiger partial charge on any atom is 0.119 e. The third-order valence-corrected chi connectivity index (χ3v) is 3.00. The first-order valence-electron chi connectivity index (χ1n) is 6.83. The minimum Gasteiger partial charge on any atom is -0.494 e. The van der Waals surface area contributed by atoms with Crippen molar-refractivity contribution in [2.75, 3.05) is 13.2 Å². The van der Waals surface area contributed by atoms with Gasteiger partial charge in [-0.05, 0) is 31.2 Å². The Morgan fingerprint density at radius 3 is 2.74 bits per heavy atom. The summed E-state index contributed by atoms with van der Waals surface area (Å²) in [6.45, 7) is 3.86. The van der Waals surface area contributed by atoms with Crippen molar-refractivity contribution >= 4 is 0 Å². The molecular formula is C16H21NO2. The van der Waals surface area contributed by atoms with E-state index in [0.717, 1.165) is 25.1 Å². The fourth-order valence-electron chi connectivity index (χ4n) is 1.99. The predicted molar refractivity (Wildman–Crippen MR) is 76.3 cm³/mol. The fraction of sp³-hybridized carbons (Fsp3) is 0.375. The molecule has 1 N–H and O–H groups in total. The van der Waals surface area contributed by atoms with E-state index in [1.165, 1.54) is 5.56 Å². The Labute approximate surface area is 114 Å². The van der Waals surface area contributed by atoms with Gasteiger partial charge in [0.15, 0.2) is 0 Å². The van der Waals surface area contributed by atoms with E-state index in [4.69, 9.17) is 9.15 Å². The molecule has 3 heteroatoms. The maximum absolute atomic E-state index is 5.74. The monoisotopic (exact) mass is 259 g/mol. The molecule has 0 amide bonds. The molecule has 0 aliphatic heterocycles. The van der Waals surface area contributed by atoms with Crippen molar-refractivity contribution in [3.63, 3.8) is 0 Å². The summed E-state index contributed by atoms with van der Waals surface area (Å²) in [5.41, 5.74) is 1.19. The molecule has 19 heavy (non-hydrogen) atoms. The van der Waals surface area contributed by atoms with Crippen LogP contribution < -0.4 is 10.1 Å². The molecule has 1 unspecified atom stereocenters. The summed E-state index contributed by atoms with van der Waals surface area (Å²) in [6, 6.07) is 12.2. The summed E-state index contributed by atoms with van der Waals surface area (Å²) in [7, 11) is 0. The van der Waals surface area contributed by atoms with Gasteiger partial charge in [0, 0.05) is 18.0 Å². The van der Waals surface area contributed by atoms with Gasteiger partial charge in [-0.3, -0.25) is 0 Å². The summed E-state index contributed by atoms with van der Waals surface area (Å²) in [4.78, 5) is 0. The molecule has 0 saturated heterocycles. The number of para-hydroxylation sites is 1. The second-order valence-corrected chi connectivity index (χ2v) is 4.51. The van der Waals surface area contributed by atoms with Gasteiger partial charge in [-0.25, -0.2) is 0 Å². The van der Waals surface area contributed by atoms with Gasteiger partial charge in [0.2, 0.25) is 0 Å². The Morgan fingerprint density at radius 2 is 2.05 bits per heavy atom. The highest BCUT2D eigenvalue weighted by Crippen LogP contribution is 2.18. The molecule has 102 valence electrons. The lowest BCUT2D eigenvalue weighted by atomic mass is 10.1. The van der Waals surface area contributed by atoms with Gasteiger partial charge in [-0.2, -0.15) is 0 Å². The molecule has 1 heterocycles. The number of benzene rings is 1. The molecule has 0 radical (unpaired) electrons. The van der Waals surface area contributed by atoms with Crippen LogP contribution in [-0.4, -0.2) is 13.2 Å². The van der Waals surface area contributed by atoms with Crippen LogP contribution in [0.15, 0.2) is 53.3 Å². The van der Waals surface area contributed by atoms with Crippen molar-refractivity contribution in [2.24, 2.45) is 0 Å². The van der Waals surface area contributed by atoms with Crippen LogP contribution >= 0.6 is 0 Å². The van der Waals surface area contributed by atoms with Crippen molar-refractivity contribution in [2.45, 2.75) is 25.8 Å². The molecule has 0 aliphatic carbocycles. The zero-order chi connectivity index (χ0) is 13.3. The van der Waals surface area contributed by atoms with Gasteiger partial charge in [0.1, 0.15) is 5.75 Å². The van der Waals surface area contributed by atoms with Crippen LogP contribution in [0.25, 0.3) is 0 Å². The second kappa shape index (κ2) is 7.64. The van der Waals surface area contributed by atoms with E-state index in [1.807, 2.05) is 36.4 Å². The summed E-state index contributed by atoms with van der Waals surface area (Å²) >= 11 is 0. The number of rotatable bonds is 8. The normalized spacial score (nSPS) is 12.3. The average molecular weight is 259 g/mol. The van der Waals surface area contributed by atoms with E-state index in [1.54, 1.807) is 12.5 Å². The molecule has 0 aliphatic rings. The number of hydrogen-bond acceptors (Lipinski definition) is 3. The highest BCUT2D eigenvalue weighted by molar-refractivity contribution is 5.21. The van der Waals surface area contributed by atoms with Crippen LogP contribution in [0.4, 0.5) is 0 Å². The van der Waals surface area contributed by atoms with Crippen LogP contribution in [0.1, 0.15) is 31.4 Å². The van der Waals surface area contributed by atoms with Crippen molar-refractivity contribution in [1.82, 2.24) is 5.32 Å². The smallest absolute Gasteiger partial charge is 0.119 e. The Hall–Kier alpha value is -1.74. The minimum absolute atomic E-state index is 0.294. The minimum atomic E-state index is 0.294. The first-order chi connectivity index (χ1) is 9.40. The zero-order valence-corrected chi connectivity index (χ0v) is 11.3. The van der Waals surface area contributed by atoms with Crippen LogP contribution in [0, 0.1) is 0 Å². The number of hydrogen-bond donors (Lipinski definition) is 1. The summed E-state index contributed by atoms with van der Waals surface area (Å²) < 4.78 is 10.9. The van der Waals surface area contributed by atoms with Crippen molar-refractivity contribution < 1.29 is 9.15 Å². The summed E-state index contributed by atoms with van der Waals surface area (Å²) in [5, 5.41) is 3.52. The molecule has 2 aromatic rings. The van der Waals surface area contributed by atoms with Crippen molar-refractivity contribution in [3.8, 4) is 5.75 Å². The molecule has 0 bridgehead atoms. The van der Waals surface area contributed by atoms with Crippen LogP contribution in [-0.2, 0) is 0 Å². The predicted octanol–water partition coefficient (Wildman–Crippen LogP) is 3.79. The van der Waals surface area contributed by atoms with E-state index in [9.17, 15) is 0 Å². The molecule has 3 nitrogen and oxygen atoms in total. The van der Waals surface area contributed by atoms with Gasteiger partial charge < -0.3 is 14.5 Å². The van der Waals surface area contributed by atoms with Crippen molar-refractivity contribution in [1.29, 1.82) is 0 Å². The number of nitrogens with one attached hydrogen (secondary N) is 1. The highest BCUT2D eigenvalue weighted by Gasteiger charge is 2.11. The first kappa shape index (κ1) is 13.7. The molecule has 1 aromatic carbocycles. The zero-order valence-electron chi connectivity index (χ0n) is 11.3. The fourth-order valence-corrected chi connectivity index (χ4v) is 1.99. The lowest BCUT2D eigenvalue weighted by Gasteiger charge is -2.17. The quantitative estimate of drug-likeness (QED) is 0.783. The third kappa shape index (κ3) is 4.45. The second-order valence-electron chi connectivity index (χ2n) is 4.51. The van der Waals surface area contributed by atoms with Crippen LogP contribution in [0.5, 0.6) is 5.75 Å². The average Bonchev–Trinajstić information content (AvgIpc) is 2.98. The SMILES string of the molecule is CCCNC(CCOc1ccccc1)c1ccoc1. The Bertz CT molecular complexity index is 439. The van der Waals surface area contributed by atoms with Crippen molar-refractivity contribution in [3.05, 3.63) is 54.5 Å². The van der Waals surface area contributed by atoms with Gasteiger partial charge >= 0.3 is 0 Å². The molecule has 1 aromatic heterocycles. The molecule has 0 saturated carbocycles. The van der Waals surface area contributed by atoms with E-state index in [2.05, 4.69) is 12.2 Å². The molecule has 1 atom stereocenters. The Balaban J connectivity index is 1.83. The van der Waals surface area contributed by atoms with E-state index < -0.39 is 0 Å². The molecule has 0 spiro atoms. The maximum atomic E-state index is 5.74. The molecule has 0 fully saturated rings. The van der Waals surface area contributed by atoms with Gasteiger partial charge in [0.05, 0.1) is 19.1 Å². The van der Waals surface area contributed by atoms with Crippen LogP contribution in [0.3, 0.4) is 0 Å². The Morgan fingerprint density at radius 1 is 1.21 bits per heavy atom. The van der Waals surface area contributed by atoms with Gasteiger partial charge in [-0.15, -0.1) is 0 Å². The first-order valence-corrected chi connectivity index (χ1v) is 6.83.